The van der Waals surface area contributed by atoms with Gasteiger partial charge in [-0.1, -0.05) is 25.8 Å². The molecular formula is C13H16O3. The Kier molecular flexibility index (Phi) is 7.35. The third-order valence-electron chi connectivity index (χ3n) is 1.58. The van der Waals surface area contributed by atoms with Crippen molar-refractivity contribution in [1.29, 1.82) is 0 Å². The normalized spacial score (nSPS) is 8.12. The standard InChI is InChI=1S/C11H10O3.C2H6/c1-3-7-14-10-6-4-5-9(8-10)11(12)13-2;1-2/h1,4-6,8H,7H2,2H3;1-2H3. The third-order valence-corrected chi connectivity index (χ3v) is 1.58. The third kappa shape index (κ3) is 4.52. The molecule has 0 aliphatic carbocycles. The predicted molar refractivity (Wildman–Crippen MR) is 63.5 cm³/mol. The van der Waals surface area contributed by atoms with Crippen LogP contribution in [-0.4, -0.2) is 19.7 Å². The van der Waals surface area contributed by atoms with E-state index in [1.807, 2.05) is 13.8 Å². The average Bonchev–Trinajstić information content (AvgIpc) is 2.38. The molecule has 0 aliphatic rings. The van der Waals surface area contributed by atoms with Crippen molar-refractivity contribution >= 4 is 5.97 Å². The molecule has 0 bridgehead atoms. The van der Waals surface area contributed by atoms with Crippen molar-refractivity contribution in [1.82, 2.24) is 0 Å². The second-order valence-corrected chi connectivity index (χ2v) is 2.51. The van der Waals surface area contributed by atoms with Gasteiger partial charge in [0.1, 0.15) is 12.4 Å². The fraction of sp³-hybridized carbons (Fsp3) is 0.308. The Morgan fingerprint density at radius 1 is 1.44 bits per heavy atom. The van der Waals surface area contributed by atoms with Crippen molar-refractivity contribution in [2.75, 3.05) is 13.7 Å². The number of carbonyl (C=O) groups excluding carboxylic acids is 1. The van der Waals surface area contributed by atoms with Crippen LogP contribution in [0.4, 0.5) is 0 Å². The molecule has 1 aromatic rings. The van der Waals surface area contributed by atoms with Crippen LogP contribution in [0.25, 0.3) is 0 Å². The van der Waals surface area contributed by atoms with Gasteiger partial charge in [0.15, 0.2) is 0 Å². The van der Waals surface area contributed by atoms with Gasteiger partial charge in [0.2, 0.25) is 0 Å². The van der Waals surface area contributed by atoms with Crippen LogP contribution in [0.2, 0.25) is 0 Å². The van der Waals surface area contributed by atoms with Gasteiger partial charge in [0.25, 0.3) is 0 Å². The molecule has 0 saturated heterocycles. The summed E-state index contributed by atoms with van der Waals surface area (Å²) in [6.45, 7) is 4.19. The molecule has 3 nitrogen and oxygen atoms in total. The van der Waals surface area contributed by atoms with Crippen molar-refractivity contribution in [3.05, 3.63) is 29.8 Å². The quantitative estimate of drug-likeness (QED) is 0.580. The SMILES string of the molecule is C#CCOc1cccc(C(=O)OC)c1.CC. The summed E-state index contributed by atoms with van der Waals surface area (Å²) in [4.78, 5) is 11.1. The van der Waals surface area contributed by atoms with Gasteiger partial charge < -0.3 is 9.47 Å². The Morgan fingerprint density at radius 3 is 2.69 bits per heavy atom. The zero-order chi connectivity index (χ0) is 12.4. The molecule has 0 amide bonds. The minimum Gasteiger partial charge on any atom is -0.481 e. The lowest BCUT2D eigenvalue weighted by atomic mass is 10.2. The van der Waals surface area contributed by atoms with Gasteiger partial charge in [-0.2, -0.15) is 0 Å². The zero-order valence-corrected chi connectivity index (χ0v) is 9.82. The van der Waals surface area contributed by atoms with E-state index in [4.69, 9.17) is 11.2 Å². The van der Waals surface area contributed by atoms with E-state index < -0.39 is 5.97 Å². The molecular weight excluding hydrogens is 204 g/mol. The second-order valence-electron chi connectivity index (χ2n) is 2.51. The number of carbonyl (C=O) groups is 1. The molecule has 86 valence electrons. The largest absolute Gasteiger partial charge is 0.481 e. The van der Waals surface area contributed by atoms with Crippen molar-refractivity contribution in [2.45, 2.75) is 13.8 Å². The number of esters is 1. The first-order chi connectivity index (χ1) is 7.77. The molecule has 1 rings (SSSR count). The molecule has 0 aliphatic heterocycles. The van der Waals surface area contributed by atoms with Gasteiger partial charge in [0, 0.05) is 0 Å². The van der Waals surface area contributed by atoms with Crippen LogP contribution in [0.15, 0.2) is 24.3 Å². The van der Waals surface area contributed by atoms with E-state index in [-0.39, 0.29) is 6.61 Å². The second kappa shape index (κ2) is 8.37. The maximum absolute atomic E-state index is 11.1. The van der Waals surface area contributed by atoms with Crippen LogP contribution < -0.4 is 4.74 Å². The Labute approximate surface area is 96.4 Å². The lowest BCUT2D eigenvalue weighted by Gasteiger charge is -2.03. The number of hydrogen-bond acceptors (Lipinski definition) is 3. The molecule has 0 N–H and O–H groups in total. The molecule has 3 heteroatoms. The van der Waals surface area contributed by atoms with Gasteiger partial charge in [-0.05, 0) is 18.2 Å². The van der Waals surface area contributed by atoms with E-state index in [1.54, 1.807) is 24.3 Å². The summed E-state index contributed by atoms with van der Waals surface area (Å²) in [7, 11) is 1.33. The topological polar surface area (TPSA) is 35.5 Å². The van der Waals surface area contributed by atoms with Crippen LogP contribution in [0.5, 0.6) is 5.75 Å². The minimum atomic E-state index is -0.392. The van der Waals surface area contributed by atoms with Crippen LogP contribution in [0.1, 0.15) is 24.2 Å². The minimum absolute atomic E-state index is 0.185. The number of methoxy groups -OCH3 is 1. The molecule has 0 unspecified atom stereocenters. The van der Waals surface area contributed by atoms with Crippen molar-refractivity contribution in [2.24, 2.45) is 0 Å². The van der Waals surface area contributed by atoms with E-state index >= 15 is 0 Å². The molecule has 16 heavy (non-hydrogen) atoms. The van der Waals surface area contributed by atoms with E-state index in [1.165, 1.54) is 7.11 Å². The highest BCUT2D eigenvalue weighted by Crippen LogP contribution is 2.13. The highest BCUT2D eigenvalue weighted by atomic mass is 16.5. The summed E-state index contributed by atoms with van der Waals surface area (Å²) in [6.07, 6.45) is 5.03. The first-order valence-corrected chi connectivity index (χ1v) is 5.02. The van der Waals surface area contributed by atoms with Crippen LogP contribution in [0, 0.1) is 12.3 Å². The number of hydrogen-bond donors (Lipinski definition) is 0. The highest BCUT2D eigenvalue weighted by Gasteiger charge is 2.05. The average molecular weight is 220 g/mol. The van der Waals surface area contributed by atoms with Crippen molar-refractivity contribution in [3.63, 3.8) is 0 Å². The Bertz CT molecular complexity index is 364. The van der Waals surface area contributed by atoms with Crippen molar-refractivity contribution in [3.8, 4) is 18.1 Å². The summed E-state index contributed by atoms with van der Waals surface area (Å²) < 4.78 is 9.71. The van der Waals surface area contributed by atoms with Gasteiger partial charge in [-0.15, -0.1) is 6.42 Å². The van der Waals surface area contributed by atoms with Gasteiger partial charge in [-0.3, -0.25) is 0 Å². The molecule has 0 aromatic heterocycles. The molecule has 0 fully saturated rings. The number of ether oxygens (including phenoxy) is 2. The van der Waals surface area contributed by atoms with Gasteiger partial charge in [-0.25, -0.2) is 4.79 Å². The molecule has 0 radical (unpaired) electrons. The molecule has 0 heterocycles. The summed E-state index contributed by atoms with van der Waals surface area (Å²) in [5.74, 6) is 2.51. The molecule has 1 aromatic carbocycles. The lowest BCUT2D eigenvalue weighted by molar-refractivity contribution is 0.0600. The summed E-state index contributed by atoms with van der Waals surface area (Å²) in [6, 6.07) is 6.67. The lowest BCUT2D eigenvalue weighted by Crippen LogP contribution is -2.01. The van der Waals surface area contributed by atoms with Crippen LogP contribution in [0.3, 0.4) is 0 Å². The fourth-order valence-corrected chi connectivity index (χ4v) is 0.956. The number of terminal acetylenes is 1. The number of rotatable bonds is 3. The summed E-state index contributed by atoms with van der Waals surface area (Å²) in [5.41, 5.74) is 0.446. The van der Waals surface area contributed by atoms with E-state index in [0.29, 0.717) is 11.3 Å². The van der Waals surface area contributed by atoms with Gasteiger partial charge >= 0.3 is 5.97 Å². The van der Waals surface area contributed by atoms with Crippen molar-refractivity contribution < 1.29 is 14.3 Å². The molecule has 0 spiro atoms. The smallest absolute Gasteiger partial charge is 0.337 e. The Balaban J connectivity index is 0.00000106. The van der Waals surface area contributed by atoms with E-state index in [0.717, 1.165) is 0 Å². The summed E-state index contributed by atoms with van der Waals surface area (Å²) >= 11 is 0. The Morgan fingerprint density at radius 2 is 2.12 bits per heavy atom. The zero-order valence-electron chi connectivity index (χ0n) is 9.82. The molecule has 0 saturated carbocycles. The first kappa shape index (κ1) is 14.1. The summed E-state index contributed by atoms with van der Waals surface area (Å²) in [5, 5.41) is 0. The molecule has 0 atom stereocenters. The van der Waals surface area contributed by atoms with E-state index in [9.17, 15) is 4.79 Å². The van der Waals surface area contributed by atoms with E-state index in [2.05, 4.69) is 10.7 Å². The number of benzene rings is 1. The maximum Gasteiger partial charge on any atom is 0.337 e. The maximum atomic E-state index is 11.1. The highest BCUT2D eigenvalue weighted by molar-refractivity contribution is 5.89. The first-order valence-electron chi connectivity index (χ1n) is 5.02. The monoisotopic (exact) mass is 220 g/mol. The fourth-order valence-electron chi connectivity index (χ4n) is 0.956. The predicted octanol–water partition coefficient (Wildman–Crippen LogP) is 2.51. The van der Waals surface area contributed by atoms with Crippen LogP contribution in [-0.2, 0) is 4.74 Å². The van der Waals surface area contributed by atoms with Gasteiger partial charge in [0.05, 0.1) is 12.7 Å². The van der Waals surface area contributed by atoms with Crippen LogP contribution >= 0.6 is 0 Å². The Hall–Kier alpha value is -1.95.